The predicted octanol–water partition coefficient (Wildman–Crippen LogP) is 1.32. The first-order chi connectivity index (χ1) is 16.6. The Bertz CT molecular complexity index is 886. The van der Waals surface area contributed by atoms with E-state index in [4.69, 9.17) is 14.9 Å². The second kappa shape index (κ2) is 15.2. The predicted molar refractivity (Wildman–Crippen MR) is 125 cm³/mol. The molecule has 1 fully saturated rings. The van der Waals surface area contributed by atoms with Crippen LogP contribution in [0.2, 0.25) is 0 Å². The van der Waals surface area contributed by atoms with Crippen molar-refractivity contribution in [2.24, 2.45) is 0 Å². The van der Waals surface area contributed by atoms with Crippen LogP contribution in [0.5, 0.6) is 0 Å². The molecular formula is C24H32N2O9. The van der Waals surface area contributed by atoms with Crippen LogP contribution in [-0.4, -0.2) is 81.3 Å². The van der Waals surface area contributed by atoms with Gasteiger partial charge in [-0.15, -0.1) is 0 Å². The molecule has 0 unspecified atom stereocenters. The van der Waals surface area contributed by atoms with E-state index in [2.05, 4.69) is 5.32 Å². The van der Waals surface area contributed by atoms with Crippen LogP contribution >= 0.6 is 0 Å². The first-order valence-electron chi connectivity index (χ1n) is 11.2. The largest absolute Gasteiger partial charge is 0.480 e. The lowest BCUT2D eigenvalue weighted by Crippen LogP contribution is -2.53. The molecule has 0 bridgehead atoms. The number of nitrogens with zero attached hydrogens (tertiary/aromatic N) is 1. The lowest BCUT2D eigenvalue weighted by molar-refractivity contribution is -0.150. The minimum atomic E-state index is -1.26. The molecule has 2 rings (SSSR count). The molecule has 192 valence electrons. The van der Waals surface area contributed by atoms with Gasteiger partial charge < -0.3 is 25.0 Å². The summed E-state index contributed by atoms with van der Waals surface area (Å²) in [6.45, 7) is 4.09. The minimum absolute atomic E-state index is 0.262. The van der Waals surface area contributed by atoms with Crippen LogP contribution in [0.15, 0.2) is 42.5 Å². The van der Waals surface area contributed by atoms with Crippen molar-refractivity contribution in [2.45, 2.75) is 57.7 Å². The topological polar surface area (TPSA) is 171 Å². The molecule has 1 saturated heterocycles. The number of ether oxygens (including phenoxy) is 1. The normalized spacial score (nSPS) is 16.6. The summed E-state index contributed by atoms with van der Waals surface area (Å²) in [6, 6.07) is 7.69. The Kier molecular flexibility index (Phi) is 12.7. The molecule has 0 saturated carbocycles. The lowest BCUT2D eigenvalue weighted by atomic mass is 10.0. The van der Waals surface area contributed by atoms with Gasteiger partial charge in [0.05, 0.1) is 12.6 Å². The minimum Gasteiger partial charge on any atom is -0.480 e. The third-order valence-electron chi connectivity index (χ3n) is 5.15. The van der Waals surface area contributed by atoms with E-state index in [0.717, 1.165) is 5.56 Å². The highest BCUT2D eigenvalue weighted by Crippen LogP contribution is 2.19. The molecule has 1 amide bonds. The van der Waals surface area contributed by atoms with Crippen molar-refractivity contribution in [2.75, 3.05) is 13.2 Å². The van der Waals surface area contributed by atoms with Gasteiger partial charge in [0.25, 0.3) is 0 Å². The van der Waals surface area contributed by atoms with Crippen LogP contribution < -0.4 is 5.32 Å². The molecular weight excluding hydrogens is 460 g/mol. The Morgan fingerprint density at radius 1 is 1.09 bits per heavy atom. The summed E-state index contributed by atoms with van der Waals surface area (Å²) in [5.41, 5.74) is 1.10. The maximum absolute atomic E-state index is 12.7. The van der Waals surface area contributed by atoms with E-state index in [-0.39, 0.29) is 12.5 Å². The maximum Gasteiger partial charge on any atom is 0.328 e. The number of carboxylic acid groups (broad SMARTS) is 3. The van der Waals surface area contributed by atoms with Gasteiger partial charge >= 0.3 is 23.9 Å². The molecule has 1 aromatic rings. The van der Waals surface area contributed by atoms with Gasteiger partial charge in [-0.2, -0.15) is 0 Å². The Morgan fingerprint density at radius 3 is 2.20 bits per heavy atom. The van der Waals surface area contributed by atoms with Crippen molar-refractivity contribution < 1.29 is 44.0 Å². The van der Waals surface area contributed by atoms with Gasteiger partial charge in [0.15, 0.2) is 0 Å². The van der Waals surface area contributed by atoms with E-state index >= 15 is 0 Å². The van der Waals surface area contributed by atoms with E-state index in [1.165, 1.54) is 4.90 Å². The van der Waals surface area contributed by atoms with Crippen molar-refractivity contribution in [3.05, 3.63) is 48.0 Å². The summed E-state index contributed by atoms with van der Waals surface area (Å²) in [5.74, 6) is -4.20. The number of hydrogen-bond donors (Lipinski definition) is 4. The Balaban J connectivity index is 0.000000658. The third kappa shape index (κ3) is 10.8. The van der Waals surface area contributed by atoms with E-state index in [1.54, 1.807) is 13.8 Å². The Morgan fingerprint density at radius 2 is 1.69 bits per heavy atom. The smallest absolute Gasteiger partial charge is 0.328 e. The maximum atomic E-state index is 12.7. The number of aryl methyl sites for hydroxylation is 1. The van der Waals surface area contributed by atoms with E-state index in [1.807, 2.05) is 30.3 Å². The first kappa shape index (κ1) is 29.3. The fourth-order valence-corrected chi connectivity index (χ4v) is 3.52. The van der Waals surface area contributed by atoms with Crippen molar-refractivity contribution in [1.29, 1.82) is 0 Å². The zero-order valence-corrected chi connectivity index (χ0v) is 19.8. The highest BCUT2D eigenvalue weighted by molar-refractivity contribution is 5.89. The summed E-state index contributed by atoms with van der Waals surface area (Å²) >= 11 is 0. The molecule has 11 heteroatoms. The van der Waals surface area contributed by atoms with Gasteiger partial charge in [-0.1, -0.05) is 30.3 Å². The van der Waals surface area contributed by atoms with Crippen LogP contribution in [0, 0.1) is 0 Å². The number of likely N-dealkylation sites (tertiary alicyclic amines) is 1. The van der Waals surface area contributed by atoms with Crippen molar-refractivity contribution in [3.8, 4) is 0 Å². The standard InChI is InChI=1S/C20H28N2O5.C4H4O4/c1-3-27-20(26)16(12-11-15-8-5-4-6-9-15)21-14(2)18(23)22-13-7-10-17(22)19(24)25;5-3(6)1-2-4(7)8/h4-6,8-9,14,16-17,21H,3,7,10-13H2,1-2H3,(H,24,25);1-2H,(H,5,6)(H,7,8)/t14-,16-,17+;/m0./s1. The fraction of sp³-hybridized carbons (Fsp3) is 0.458. The van der Waals surface area contributed by atoms with Crippen LogP contribution in [0.4, 0.5) is 0 Å². The molecule has 11 nitrogen and oxygen atoms in total. The number of hydrogen-bond acceptors (Lipinski definition) is 7. The number of esters is 1. The molecule has 0 spiro atoms. The van der Waals surface area contributed by atoms with Gasteiger partial charge in [-0.3, -0.25) is 14.9 Å². The number of carbonyl (C=O) groups is 5. The fourth-order valence-electron chi connectivity index (χ4n) is 3.52. The Labute approximate surface area is 203 Å². The first-order valence-corrected chi connectivity index (χ1v) is 11.2. The van der Waals surface area contributed by atoms with Crippen molar-refractivity contribution in [1.82, 2.24) is 10.2 Å². The van der Waals surface area contributed by atoms with Crippen molar-refractivity contribution in [3.63, 3.8) is 0 Å². The lowest BCUT2D eigenvalue weighted by Gasteiger charge is -2.27. The van der Waals surface area contributed by atoms with Gasteiger partial charge in [0.2, 0.25) is 5.91 Å². The average Bonchev–Trinajstić information content (AvgIpc) is 3.31. The highest BCUT2D eigenvalue weighted by atomic mass is 16.5. The molecule has 1 heterocycles. The molecule has 3 atom stereocenters. The van der Waals surface area contributed by atoms with E-state index < -0.39 is 42.0 Å². The second-order valence-corrected chi connectivity index (χ2v) is 7.75. The van der Waals surface area contributed by atoms with Crippen LogP contribution in [0.3, 0.4) is 0 Å². The van der Waals surface area contributed by atoms with Gasteiger partial charge in [-0.25, -0.2) is 14.4 Å². The van der Waals surface area contributed by atoms with Crippen LogP contribution in [-0.2, 0) is 35.1 Å². The van der Waals surface area contributed by atoms with Gasteiger partial charge in [-0.05, 0) is 45.1 Å². The molecule has 1 aliphatic rings. The van der Waals surface area contributed by atoms with Crippen molar-refractivity contribution >= 4 is 29.8 Å². The van der Waals surface area contributed by atoms with Gasteiger partial charge in [0.1, 0.15) is 12.1 Å². The molecule has 1 aliphatic heterocycles. The number of nitrogens with one attached hydrogen (secondary N) is 1. The monoisotopic (exact) mass is 492 g/mol. The number of carboxylic acids is 3. The average molecular weight is 493 g/mol. The van der Waals surface area contributed by atoms with E-state index in [9.17, 15) is 29.1 Å². The highest BCUT2D eigenvalue weighted by Gasteiger charge is 2.36. The molecule has 1 aromatic carbocycles. The van der Waals surface area contributed by atoms with Gasteiger partial charge in [0, 0.05) is 18.7 Å². The number of aliphatic carboxylic acids is 3. The summed E-state index contributed by atoms with van der Waals surface area (Å²) in [6.07, 6.45) is 3.40. The molecule has 0 aliphatic carbocycles. The summed E-state index contributed by atoms with van der Waals surface area (Å²) < 4.78 is 5.14. The summed E-state index contributed by atoms with van der Waals surface area (Å²) in [4.78, 5) is 56.8. The number of rotatable bonds is 11. The Hall–Kier alpha value is -3.73. The number of benzene rings is 1. The molecule has 4 N–H and O–H groups in total. The second-order valence-electron chi connectivity index (χ2n) is 7.75. The molecule has 35 heavy (non-hydrogen) atoms. The zero-order chi connectivity index (χ0) is 26.4. The van der Waals surface area contributed by atoms with Crippen LogP contribution in [0.25, 0.3) is 0 Å². The number of amides is 1. The van der Waals surface area contributed by atoms with E-state index in [0.29, 0.717) is 44.4 Å². The molecule has 0 radical (unpaired) electrons. The van der Waals surface area contributed by atoms with Crippen LogP contribution in [0.1, 0.15) is 38.7 Å². The number of carbonyl (C=O) groups excluding carboxylic acids is 2. The summed E-state index contributed by atoms with van der Waals surface area (Å²) in [7, 11) is 0. The third-order valence-corrected chi connectivity index (χ3v) is 5.15. The molecule has 0 aromatic heterocycles. The SMILES string of the molecule is CCOC(=O)[C@H](CCc1ccccc1)N[C@@H](C)C(=O)N1CCC[C@@H]1C(=O)O.O=C(O)C=CC(=O)O. The quantitative estimate of drug-likeness (QED) is 0.261. The zero-order valence-electron chi connectivity index (χ0n) is 19.8. The summed E-state index contributed by atoms with van der Waals surface area (Å²) in [5, 5.41) is 27.9.